The van der Waals surface area contributed by atoms with Crippen LogP contribution in [0.3, 0.4) is 0 Å². The van der Waals surface area contributed by atoms with Gasteiger partial charge in [0.25, 0.3) is 5.91 Å². The molecule has 3 aromatic heterocycles. The maximum Gasteiger partial charge on any atom is 0.251 e. The molecule has 5 rings (SSSR count). The average Bonchev–Trinajstić information content (AvgIpc) is 2.91. The Morgan fingerprint density at radius 1 is 1.03 bits per heavy atom. The zero-order valence-corrected chi connectivity index (χ0v) is 21.5. The van der Waals surface area contributed by atoms with Gasteiger partial charge in [-0.1, -0.05) is 12.1 Å². The minimum absolute atomic E-state index is 0.148. The highest BCUT2D eigenvalue weighted by molar-refractivity contribution is 7.90. The van der Waals surface area contributed by atoms with Crippen LogP contribution < -0.4 is 15.5 Å². The van der Waals surface area contributed by atoms with E-state index in [1.165, 1.54) is 6.07 Å². The van der Waals surface area contributed by atoms with Gasteiger partial charge >= 0.3 is 0 Å². The summed E-state index contributed by atoms with van der Waals surface area (Å²) in [4.78, 5) is 29.2. The Bertz CT molecular complexity index is 1580. The summed E-state index contributed by atoms with van der Waals surface area (Å²) in [5.41, 5.74) is 3.83. The number of aromatic nitrogens is 3. The first kappa shape index (κ1) is 24.8. The van der Waals surface area contributed by atoms with Gasteiger partial charge in [-0.25, -0.2) is 18.4 Å². The molecule has 4 heterocycles. The second kappa shape index (κ2) is 10.2. The number of amides is 1. The molecule has 1 aliphatic heterocycles. The molecule has 1 aliphatic rings. The molecule has 0 spiro atoms. The molecular weight excluding hydrogens is 488 g/mol. The smallest absolute Gasteiger partial charge is 0.251 e. The number of anilines is 1. The van der Waals surface area contributed by atoms with E-state index in [1.807, 2.05) is 36.4 Å². The maximum absolute atomic E-state index is 12.7. The van der Waals surface area contributed by atoms with Gasteiger partial charge in [0.05, 0.1) is 34.0 Å². The van der Waals surface area contributed by atoms with Gasteiger partial charge in [-0.2, -0.15) is 0 Å². The predicted octanol–water partition coefficient (Wildman–Crippen LogP) is 2.74. The molecule has 0 unspecified atom stereocenters. The van der Waals surface area contributed by atoms with E-state index in [9.17, 15) is 13.2 Å². The van der Waals surface area contributed by atoms with Crippen LogP contribution in [-0.2, 0) is 16.4 Å². The van der Waals surface area contributed by atoms with E-state index in [0.717, 1.165) is 60.5 Å². The molecule has 190 valence electrons. The molecule has 9 nitrogen and oxygen atoms in total. The lowest BCUT2D eigenvalue weighted by molar-refractivity contribution is 0.0950. The summed E-state index contributed by atoms with van der Waals surface area (Å²) in [6.07, 6.45) is 2.86. The van der Waals surface area contributed by atoms with Gasteiger partial charge < -0.3 is 15.5 Å². The third kappa shape index (κ3) is 5.60. The second-order valence-electron chi connectivity index (χ2n) is 9.12. The van der Waals surface area contributed by atoms with Gasteiger partial charge in [-0.05, 0) is 55.0 Å². The molecule has 2 N–H and O–H groups in total. The first-order valence-corrected chi connectivity index (χ1v) is 13.9. The summed E-state index contributed by atoms with van der Waals surface area (Å²) in [7, 11) is -3.43. The number of nitrogens with zero attached hydrogens (tertiary/aromatic N) is 4. The molecule has 0 aliphatic carbocycles. The van der Waals surface area contributed by atoms with E-state index in [2.05, 4.69) is 20.5 Å². The third-order valence-corrected chi connectivity index (χ3v) is 7.59. The van der Waals surface area contributed by atoms with Crippen molar-refractivity contribution in [1.82, 2.24) is 25.6 Å². The number of benzene rings is 1. The fourth-order valence-corrected chi connectivity index (χ4v) is 5.34. The monoisotopic (exact) mass is 516 g/mol. The fourth-order valence-electron chi connectivity index (χ4n) is 4.35. The lowest BCUT2D eigenvalue weighted by Gasteiger charge is -2.28. The number of hydrogen-bond acceptors (Lipinski definition) is 8. The number of pyridine rings is 3. The summed E-state index contributed by atoms with van der Waals surface area (Å²) in [5.74, 6) is 0.566. The minimum Gasteiger partial charge on any atom is -0.354 e. The third-order valence-electron chi connectivity index (χ3n) is 6.35. The first-order chi connectivity index (χ1) is 17.8. The number of carbonyl (C=O) groups excluding carboxylic acids is 1. The standard InChI is InChI=1S/C27H28N6O3S/c1-18-6-7-19(14-25(18)37(2,35)36)27(34)30-17-21-15-24-20(16-29-21)8-9-23(31-24)22-4-3-5-26(32-22)33-12-10-28-11-13-33/h3-9,14-16,28H,10-13,17H2,1-2H3,(H,30,34). The average molecular weight is 517 g/mol. The van der Waals surface area contributed by atoms with Crippen molar-refractivity contribution in [2.75, 3.05) is 37.3 Å². The zero-order chi connectivity index (χ0) is 26.0. The van der Waals surface area contributed by atoms with Gasteiger partial charge in [0.2, 0.25) is 0 Å². The second-order valence-corrected chi connectivity index (χ2v) is 11.1. The quantitative estimate of drug-likeness (QED) is 0.402. The number of carbonyl (C=O) groups is 1. The van der Waals surface area contributed by atoms with E-state index >= 15 is 0 Å². The fraction of sp³-hybridized carbons (Fsp3) is 0.259. The largest absolute Gasteiger partial charge is 0.354 e. The van der Waals surface area contributed by atoms with Gasteiger partial charge in [-0.15, -0.1) is 0 Å². The van der Waals surface area contributed by atoms with Crippen LogP contribution in [0.1, 0.15) is 21.6 Å². The van der Waals surface area contributed by atoms with E-state index in [4.69, 9.17) is 9.97 Å². The topological polar surface area (TPSA) is 117 Å². The number of fused-ring (bicyclic) bond motifs is 1. The Morgan fingerprint density at radius 3 is 2.59 bits per heavy atom. The molecule has 0 atom stereocenters. The molecule has 0 saturated carbocycles. The highest BCUT2D eigenvalue weighted by Gasteiger charge is 2.16. The van der Waals surface area contributed by atoms with Gasteiger partial charge in [0, 0.05) is 49.6 Å². The molecule has 1 amide bonds. The van der Waals surface area contributed by atoms with Crippen LogP contribution in [-0.4, -0.2) is 61.7 Å². The Hall–Kier alpha value is -3.89. The van der Waals surface area contributed by atoms with Crippen LogP contribution in [0.4, 0.5) is 5.82 Å². The van der Waals surface area contributed by atoms with Crippen molar-refractivity contribution in [2.45, 2.75) is 18.4 Å². The normalized spacial score (nSPS) is 14.1. The lowest BCUT2D eigenvalue weighted by Crippen LogP contribution is -2.43. The summed E-state index contributed by atoms with van der Waals surface area (Å²) in [5, 5.41) is 7.06. The Morgan fingerprint density at radius 2 is 1.81 bits per heavy atom. The molecule has 10 heteroatoms. The van der Waals surface area contributed by atoms with Crippen molar-refractivity contribution in [2.24, 2.45) is 0 Å². The van der Waals surface area contributed by atoms with Crippen LogP contribution in [0.5, 0.6) is 0 Å². The Kier molecular flexibility index (Phi) is 6.86. The lowest BCUT2D eigenvalue weighted by atomic mass is 10.1. The molecule has 1 saturated heterocycles. The molecule has 37 heavy (non-hydrogen) atoms. The maximum atomic E-state index is 12.7. The molecule has 1 aromatic carbocycles. The molecular formula is C27H28N6O3S. The number of rotatable bonds is 6. The number of sulfone groups is 1. The van der Waals surface area contributed by atoms with Crippen LogP contribution in [0, 0.1) is 6.92 Å². The summed E-state index contributed by atoms with van der Waals surface area (Å²) in [6.45, 7) is 5.60. The summed E-state index contributed by atoms with van der Waals surface area (Å²) in [6, 6.07) is 16.4. The number of nitrogens with one attached hydrogen (secondary N) is 2. The van der Waals surface area contributed by atoms with Crippen molar-refractivity contribution in [3.05, 3.63) is 77.6 Å². The number of aryl methyl sites for hydroxylation is 1. The molecule has 0 bridgehead atoms. The van der Waals surface area contributed by atoms with Crippen molar-refractivity contribution in [3.8, 4) is 11.4 Å². The van der Waals surface area contributed by atoms with Crippen molar-refractivity contribution < 1.29 is 13.2 Å². The van der Waals surface area contributed by atoms with Crippen LogP contribution in [0.2, 0.25) is 0 Å². The zero-order valence-electron chi connectivity index (χ0n) is 20.7. The number of piperazine rings is 1. The van der Waals surface area contributed by atoms with E-state index in [1.54, 1.807) is 25.3 Å². The Labute approximate surface area is 215 Å². The van der Waals surface area contributed by atoms with E-state index in [-0.39, 0.29) is 22.9 Å². The minimum atomic E-state index is -3.43. The molecule has 1 fully saturated rings. The van der Waals surface area contributed by atoms with Crippen molar-refractivity contribution in [3.63, 3.8) is 0 Å². The summed E-state index contributed by atoms with van der Waals surface area (Å²) < 4.78 is 24.0. The molecule has 0 radical (unpaired) electrons. The van der Waals surface area contributed by atoms with Crippen molar-refractivity contribution >= 4 is 32.5 Å². The van der Waals surface area contributed by atoms with E-state index < -0.39 is 9.84 Å². The van der Waals surface area contributed by atoms with Crippen LogP contribution in [0.25, 0.3) is 22.3 Å². The van der Waals surface area contributed by atoms with Gasteiger partial charge in [0.15, 0.2) is 9.84 Å². The van der Waals surface area contributed by atoms with Crippen LogP contribution in [0.15, 0.2) is 65.7 Å². The van der Waals surface area contributed by atoms with Gasteiger partial charge in [-0.3, -0.25) is 9.78 Å². The summed E-state index contributed by atoms with van der Waals surface area (Å²) >= 11 is 0. The predicted molar refractivity (Wildman–Crippen MR) is 143 cm³/mol. The highest BCUT2D eigenvalue weighted by atomic mass is 32.2. The Balaban J connectivity index is 1.34. The molecule has 4 aromatic rings. The van der Waals surface area contributed by atoms with Crippen molar-refractivity contribution in [1.29, 1.82) is 0 Å². The SMILES string of the molecule is Cc1ccc(C(=O)NCc2cc3nc(-c4cccc(N5CCNCC5)n4)ccc3cn2)cc1S(C)(=O)=O. The number of hydrogen-bond donors (Lipinski definition) is 2. The van der Waals surface area contributed by atoms with E-state index in [0.29, 0.717) is 11.3 Å². The van der Waals surface area contributed by atoms with Gasteiger partial charge in [0.1, 0.15) is 5.82 Å². The highest BCUT2D eigenvalue weighted by Crippen LogP contribution is 2.23. The van der Waals surface area contributed by atoms with Crippen LogP contribution >= 0.6 is 0 Å². The first-order valence-electron chi connectivity index (χ1n) is 12.1.